The smallest absolute Gasteiger partial charge is 0.302 e. The fourth-order valence-electron chi connectivity index (χ4n) is 1.02. The summed E-state index contributed by atoms with van der Waals surface area (Å²) in [5, 5.41) is 19.6. The number of rotatable bonds is 1. The van der Waals surface area contributed by atoms with Crippen LogP contribution in [0.2, 0.25) is 0 Å². The number of carbonyl (C=O) groups is 1. The molecule has 0 radical (unpaired) electrons. The van der Waals surface area contributed by atoms with Crippen LogP contribution in [0.25, 0.3) is 5.78 Å². The summed E-state index contributed by atoms with van der Waals surface area (Å²) in [6.07, 6.45) is 0. The molecule has 0 saturated carbocycles. The molecule has 0 aromatic carbocycles. The van der Waals surface area contributed by atoms with Crippen molar-refractivity contribution in [2.45, 2.75) is 6.92 Å². The Kier molecular flexibility index (Phi) is 1.56. The third kappa shape index (κ3) is 1.04. The molecular weight excluding hydrogens is 190 g/mol. The number of carbonyl (C=O) groups excluding carboxylic acids is 1. The lowest BCUT2D eigenvalue weighted by Gasteiger charge is -1.97. The number of aromatic carboxylic acids is 1. The highest BCUT2D eigenvalue weighted by atomic mass is 16.4. The molecule has 2 rings (SSSR count). The number of nitrogens with one attached hydrogen (secondary N) is 1. The summed E-state index contributed by atoms with van der Waals surface area (Å²) in [6, 6.07) is 0. The number of hydrogen-bond acceptors (Lipinski definition) is 6. The molecule has 0 unspecified atom stereocenters. The van der Waals surface area contributed by atoms with E-state index in [4.69, 9.17) is 0 Å². The summed E-state index contributed by atoms with van der Waals surface area (Å²) in [6.45, 7) is 1.60. The molecular formula is C6H4N5O3-. The summed E-state index contributed by atoms with van der Waals surface area (Å²) < 4.78 is 0.896. The normalized spacial score (nSPS) is 10.6. The van der Waals surface area contributed by atoms with E-state index in [2.05, 4.69) is 20.3 Å². The Hall–Kier alpha value is -2.25. The molecule has 0 aliphatic heterocycles. The fourth-order valence-corrected chi connectivity index (χ4v) is 1.02. The van der Waals surface area contributed by atoms with Gasteiger partial charge in [-0.15, -0.1) is 10.2 Å². The zero-order chi connectivity index (χ0) is 10.3. The van der Waals surface area contributed by atoms with Gasteiger partial charge in [0, 0.05) is 0 Å². The molecule has 0 spiro atoms. The second kappa shape index (κ2) is 2.62. The fraction of sp³-hybridized carbons (Fsp3) is 0.167. The van der Waals surface area contributed by atoms with E-state index in [1.54, 1.807) is 6.92 Å². The highest BCUT2D eigenvalue weighted by Crippen LogP contribution is 1.91. The number of H-pyrrole nitrogens is 1. The average Bonchev–Trinajstić information content (AvgIpc) is 2.46. The number of aromatic amines is 1. The van der Waals surface area contributed by atoms with E-state index < -0.39 is 17.2 Å². The summed E-state index contributed by atoms with van der Waals surface area (Å²) in [5.74, 6) is -1.20. The molecule has 2 aromatic rings. The van der Waals surface area contributed by atoms with E-state index >= 15 is 0 Å². The topological polar surface area (TPSA) is 116 Å². The molecule has 8 nitrogen and oxygen atoms in total. The SMILES string of the molecule is Cc1nc2nnc(C(=O)[O-])c(=O)n2[nH]1. The molecule has 14 heavy (non-hydrogen) atoms. The van der Waals surface area contributed by atoms with Crippen molar-refractivity contribution in [3.63, 3.8) is 0 Å². The number of fused-ring (bicyclic) bond motifs is 1. The second-order valence-electron chi connectivity index (χ2n) is 2.59. The Morgan fingerprint density at radius 1 is 1.50 bits per heavy atom. The number of carboxylic acids is 1. The van der Waals surface area contributed by atoms with Crippen LogP contribution in [0.3, 0.4) is 0 Å². The van der Waals surface area contributed by atoms with E-state index in [1.165, 1.54) is 0 Å². The van der Waals surface area contributed by atoms with Crippen LogP contribution >= 0.6 is 0 Å². The summed E-state index contributed by atoms with van der Waals surface area (Å²) >= 11 is 0. The van der Waals surface area contributed by atoms with E-state index in [0.29, 0.717) is 5.82 Å². The van der Waals surface area contributed by atoms with Crippen LogP contribution < -0.4 is 10.7 Å². The monoisotopic (exact) mass is 194 g/mol. The predicted molar refractivity (Wildman–Crippen MR) is 40.5 cm³/mol. The Morgan fingerprint density at radius 2 is 2.21 bits per heavy atom. The standard InChI is InChI=1S/C6H5N5O3/c1-2-7-6-9-8-3(5(13)14)4(12)11(6)10-2/h1H3,(H,13,14)(H,7,9,10)/p-1. The third-order valence-electron chi connectivity index (χ3n) is 1.58. The number of aromatic nitrogens is 5. The molecule has 2 aromatic heterocycles. The van der Waals surface area contributed by atoms with Crippen molar-refractivity contribution in [3.05, 3.63) is 21.9 Å². The minimum absolute atomic E-state index is 0.0255. The van der Waals surface area contributed by atoms with Gasteiger partial charge < -0.3 is 9.90 Å². The predicted octanol–water partition coefficient (Wildman–Crippen LogP) is -2.52. The lowest BCUT2D eigenvalue weighted by atomic mass is 10.5. The van der Waals surface area contributed by atoms with Crippen LogP contribution in [0.15, 0.2) is 4.79 Å². The van der Waals surface area contributed by atoms with Crippen molar-refractivity contribution < 1.29 is 9.90 Å². The molecule has 72 valence electrons. The number of carboxylic acid groups (broad SMARTS) is 1. The van der Waals surface area contributed by atoms with Gasteiger partial charge in [0.15, 0.2) is 5.69 Å². The number of nitrogens with zero attached hydrogens (tertiary/aromatic N) is 4. The van der Waals surface area contributed by atoms with Gasteiger partial charge in [-0.3, -0.25) is 9.89 Å². The van der Waals surface area contributed by atoms with Crippen molar-refractivity contribution in [1.82, 2.24) is 24.8 Å². The molecule has 0 atom stereocenters. The summed E-state index contributed by atoms with van der Waals surface area (Å²) in [5.41, 5.74) is -1.58. The zero-order valence-electron chi connectivity index (χ0n) is 7.01. The van der Waals surface area contributed by atoms with Gasteiger partial charge in [0.25, 0.3) is 5.78 Å². The molecule has 0 bridgehead atoms. The number of hydrogen-bond donors (Lipinski definition) is 1. The zero-order valence-corrected chi connectivity index (χ0v) is 7.01. The lowest BCUT2D eigenvalue weighted by Crippen LogP contribution is -2.34. The lowest BCUT2D eigenvalue weighted by molar-refractivity contribution is -0.255. The molecule has 8 heteroatoms. The summed E-state index contributed by atoms with van der Waals surface area (Å²) in [4.78, 5) is 25.6. The first-order valence-corrected chi connectivity index (χ1v) is 3.63. The quantitative estimate of drug-likeness (QED) is 0.535. The Labute approximate surface area is 76.2 Å². The Balaban J connectivity index is 2.88. The maximum atomic E-state index is 11.4. The molecule has 0 saturated heterocycles. The first-order valence-electron chi connectivity index (χ1n) is 3.63. The molecule has 0 aliphatic rings. The van der Waals surface area contributed by atoms with Crippen molar-refractivity contribution in [1.29, 1.82) is 0 Å². The van der Waals surface area contributed by atoms with Crippen molar-refractivity contribution in [3.8, 4) is 0 Å². The second-order valence-corrected chi connectivity index (χ2v) is 2.59. The maximum Gasteiger partial charge on any atom is 0.302 e. The molecule has 0 fully saturated rings. The summed E-state index contributed by atoms with van der Waals surface area (Å²) in [7, 11) is 0. The van der Waals surface area contributed by atoms with Crippen LogP contribution in [0.5, 0.6) is 0 Å². The van der Waals surface area contributed by atoms with E-state index in [-0.39, 0.29) is 5.78 Å². The van der Waals surface area contributed by atoms with Crippen LogP contribution in [-0.2, 0) is 0 Å². The van der Waals surface area contributed by atoms with Crippen molar-refractivity contribution >= 4 is 11.7 Å². The number of aryl methyl sites for hydroxylation is 1. The minimum atomic E-state index is -1.66. The van der Waals surface area contributed by atoms with Crippen molar-refractivity contribution in [2.24, 2.45) is 0 Å². The van der Waals surface area contributed by atoms with E-state index in [1.807, 2.05) is 0 Å². The van der Waals surface area contributed by atoms with Gasteiger partial charge in [0.1, 0.15) is 5.82 Å². The molecule has 0 amide bonds. The van der Waals surface area contributed by atoms with Gasteiger partial charge in [-0.1, -0.05) is 0 Å². The van der Waals surface area contributed by atoms with Gasteiger partial charge in [0.05, 0.1) is 5.97 Å². The van der Waals surface area contributed by atoms with Crippen molar-refractivity contribution in [2.75, 3.05) is 0 Å². The highest BCUT2D eigenvalue weighted by molar-refractivity contribution is 5.82. The molecule has 0 aliphatic carbocycles. The van der Waals surface area contributed by atoms with Crippen LogP contribution in [0, 0.1) is 6.92 Å². The van der Waals surface area contributed by atoms with Gasteiger partial charge in [-0.05, 0) is 6.92 Å². The third-order valence-corrected chi connectivity index (χ3v) is 1.58. The Morgan fingerprint density at radius 3 is 2.86 bits per heavy atom. The molecule has 1 N–H and O–H groups in total. The van der Waals surface area contributed by atoms with Crippen LogP contribution in [0.4, 0.5) is 0 Å². The van der Waals surface area contributed by atoms with Crippen LogP contribution in [0.1, 0.15) is 16.3 Å². The van der Waals surface area contributed by atoms with Gasteiger partial charge >= 0.3 is 5.56 Å². The first-order chi connectivity index (χ1) is 6.59. The van der Waals surface area contributed by atoms with E-state index in [0.717, 1.165) is 4.52 Å². The van der Waals surface area contributed by atoms with E-state index in [9.17, 15) is 14.7 Å². The average molecular weight is 194 g/mol. The molecule has 2 heterocycles. The largest absolute Gasteiger partial charge is 0.543 e. The van der Waals surface area contributed by atoms with Crippen LogP contribution in [-0.4, -0.2) is 30.8 Å². The minimum Gasteiger partial charge on any atom is -0.543 e. The Bertz CT molecular complexity index is 568. The first kappa shape index (κ1) is 8.35. The van der Waals surface area contributed by atoms with Gasteiger partial charge in [0.2, 0.25) is 0 Å². The maximum absolute atomic E-state index is 11.4. The highest BCUT2D eigenvalue weighted by Gasteiger charge is 2.09. The van der Waals surface area contributed by atoms with Gasteiger partial charge in [-0.25, -0.2) is 0 Å². The van der Waals surface area contributed by atoms with Gasteiger partial charge in [-0.2, -0.15) is 9.50 Å².